The molecule has 2 aromatic heterocycles. The zero-order valence-electron chi connectivity index (χ0n) is 25.8. The molecule has 0 aliphatic rings. The number of fused-ring (bicyclic) bond motifs is 6. The molecule has 0 N–H and O–H groups in total. The van der Waals surface area contributed by atoms with Gasteiger partial charge in [0.2, 0.25) is 0 Å². The van der Waals surface area contributed by atoms with E-state index in [0.29, 0.717) is 11.3 Å². The van der Waals surface area contributed by atoms with Gasteiger partial charge in [-0.1, -0.05) is 103 Å². The van der Waals surface area contributed by atoms with Crippen molar-refractivity contribution in [2.45, 2.75) is 0 Å². The van der Waals surface area contributed by atoms with E-state index in [9.17, 15) is 5.26 Å². The van der Waals surface area contributed by atoms with Crippen molar-refractivity contribution in [3.05, 3.63) is 175 Å². The summed E-state index contributed by atoms with van der Waals surface area (Å²) in [5.74, 6) is 0. The van der Waals surface area contributed by atoms with Gasteiger partial charge in [-0.15, -0.1) is 0 Å². The lowest BCUT2D eigenvalue weighted by atomic mass is 9.94. The van der Waals surface area contributed by atoms with E-state index in [2.05, 4.69) is 141 Å². The van der Waals surface area contributed by atoms with E-state index >= 15 is 0 Å². The molecule has 222 valence electrons. The van der Waals surface area contributed by atoms with Crippen molar-refractivity contribution in [3.63, 3.8) is 0 Å². The minimum absolute atomic E-state index is 0.615. The molecule has 7 aromatic carbocycles. The maximum absolute atomic E-state index is 10.9. The van der Waals surface area contributed by atoms with Crippen LogP contribution in [-0.4, -0.2) is 9.13 Å². The van der Waals surface area contributed by atoms with Crippen LogP contribution in [0.4, 0.5) is 5.69 Å². The van der Waals surface area contributed by atoms with E-state index in [4.69, 9.17) is 6.57 Å². The number of hydrogen-bond donors (Lipinski definition) is 0. The van der Waals surface area contributed by atoms with Gasteiger partial charge in [0.25, 0.3) is 0 Å². The summed E-state index contributed by atoms with van der Waals surface area (Å²) < 4.78 is 4.49. The zero-order valence-corrected chi connectivity index (χ0v) is 25.8. The first kappa shape index (κ1) is 27.4. The average Bonchev–Trinajstić information content (AvgIpc) is 3.67. The SMILES string of the molecule is [C-]#[N+]c1ccc2c(c1)c1ccccc1n2-c1cc(-c2ccccc2)cc(-c2cccc(-n3c4ccccc4c4ccccc43)c2C#N)c1. The highest BCUT2D eigenvalue weighted by Crippen LogP contribution is 2.40. The van der Waals surface area contributed by atoms with Crippen molar-refractivity contribution in [2.75, 3.05) is 0 Å². The molecule has 0 spiro atoms. The van der Waals surface area contributed by atoms with Crippen molar-refractivity contribution >= 4 is 49.3 Å². The van der Waals surface area contributed by atoms with Crippen LogP contribution in [0.2, 0.25) is 0 Å². The summed E-state index contributed by atoms with van der Waals surface area (Å²) in [7, 11) is 0. The van der Waals surface area contributed by atoms with Crippen LogP contribution >= 0.6 is 0 Å². The number of aromatic nitrogens is 2. The number of nitrogens with zero attached hydrogens (tertiary/aromatic N) is 4. The predicted octanol–water partition coefficient (Wildman–Crippen LogP) is 11.6. The fourth-order valence-corrected chi connectivity index (χ4v) is 7.27. The van der Waals surface area contributed by atoms with Crippen LogP contribution in [-0.2, 0) is 0 Å². The standard InChI is InChI=1S/C44H26N4/c1-46-32-22-23-44-38(27-32)37-16-7-8-18-40(37)47(44)33-25-30(29-12-3-2-4-13-29)24-31(26-33)34-17-11-21-43(39(34)28-45)48-41-19-9-5-14-35(41)36-15-6-10-20-42(36)48/h2-27H. The highest BCUT2D eigenvalue weighted by Gasteiger charge is 2.19. The molecule has 0 atom stereocenters. The minimum Gasteiger partial charge on any atom is -0.309 e. The van der Waals surface area contributed by atoms with Crippen molar-refractivity contribution in [1.82, 2.24) is 9.13 Å². The van der Waals surface area contributed by atoms with Gasteiger partial charge in [0, 0.05) is 27.4 Å². The van der Waals surface area contributed by atoms with E-state index in [1.54, 1.807) is 0 Å². The predicted molar refractivity (Wildman–Crippen MR) is 197 cm³/mol. The Labute approximate surface area is 277 Å². The van der Waals surface area contributed by atoms with Gasteiger partial charge < -0.3 is 9.13 Å². The van der Waals surface area contributed by atoms with Gasteiger partial charge in [-0.05, 0) is 76.7 Å². The third-order valence-electron chi connectivity index (χ3n) is 9.35. The quantitative estimate of drug-likeness (QED) is 0.183. The van der Waals surface area contributed by atoms with Gasteiger partial charge in [-0.2, -0.15) is 5.26 Å². The second-order valence-corrected chi connectivity index (χ2v) is 12.0. The van der Waals surface area contributed by atoms with Crippen LogP contribution in [0.5, 0.6) is 0 Å². The number of benzene rings is 7. The molecular formula is C44H26N4. The number of nitriles is 1. The van der Waals surface area contributed by atoms with E-state index in [-0.39, 0.29) is 0 Å². The van der Waals surface area contributed by atoms with Crippen LogP contribution < -0.4 is 0 Å². The number of rotatable bonds is 4. The Bertz CT molecular complexity index is 2750. The van der Waals surface area contributed by atoms with E-state index < -0.39 is 0 Å². The number of hydrogen-bond acceptors (Lipinski definition) is 1. The summed E-state index contributed by atoms with van der Waals surface area (Å²) in [5.41, 5.74) is 11.2. The molecule has 9 aromatic rings. The maximum Gasteiger partial charge on any atom is 0.188 e. The third kappa shape index (κ3) is 4.14. The third-order valence-corrected chi connectivity index (χ3v) is 9.35. The second kappa shape index (κ2) is 10.9. The fraction of sp³-hybridized carbons (Fsp3) is 0. The summed E-state index contributed by atoms with van der Waals surface area (Å²) in [6.45, 7) is 7.63. The normalized spacial score (nSPS) is 11.3. The van der Waals surface area contributed by atoms with Crippen LogP contribution in [0.15, 0.2) is 158 Å². The summed E-state index contributed by atoms with van der Waals surface area (Å²) in [6.07, 6.45) is 0. The molecule has 0 saturated heterocycles. The van der Waals surface area contributed by atoms with Gasteiger partial charge in [0.1, 0.15) is 6.07 Å². The molecule has 48 heavy (non-hydrogen) atoms. The zero-order chi connectivity index (χ0) is 32.2. The molecule has 0 amide bonds. The molecule has 0 aliphatic heterocycles. The Kier molecular flexibility index (Phi) is 6.22. The molecule has 4 nitrogen and oxygen atoms in total. The van der Waals surface area contributed by atoms with Crippen molar-refractivity contribution in [2.24, 2.45) is 0 Å². The summed E-state index contributed by atoms with van der Waals surface area (Å²) in [4.78, 5) is 3.71. The van der Waals surface area contributed by atoms with Gasteiger partial charge in [0.05, 0.1) is 39.9 Å². The molecule has 0 unspecified atom stereocenters. The lowest BCUT2D eigenvalue weighted by molar-refractivity contribution is 1.16. The lowest BCUT2D eigenvalue weighted by Crippen LogP contribution is -2.00. The highest BCUT2D eigenvalue weighted by molar-refractivity contribution is 6.11. The Balaban J connectivity index is 1.34. The average molecular weight is 611 g/mol. The second-order valence-electron chi connectivity index (χ2n) is 12.0. The first-order valence-electron chi connectivity index (χ1n) is 15.9. The molecule has 4 heteroatoms. The largest absolute Gasteiger partial charge is 0.309 e. The summed E-state index contributed by atoms with van der Waals surface area (Å²) >= 11 is 0. The van der Waals surface area contributed by atoms with Gasteiger partial charge in [-0.3, -0.25) is 0 Å². The molecule has 0 aliphatic carbocycles. The van der Waals surface area contributed by atoms with Gasteiger partial charge >= 0.3 is 0 Å². The first-order valence-corrected chi connectivity index (χ1v) is 15.9. The fourth-order valence-electron chi connectivity index (χ4n) is 7.27. The Morgan fingerprint density at radius 2 is 1.06 bits per heavy atom. The molecule has 0 radical (unpaired) electrons. The first-order chi connectivity index (χ1) is 23.7. The molecule has 0 bridgehead atoms. The van der Waals surface area contributed by atoms with Crippen LogP contribution in [0.25, 0.3) is 82.1 Å². The summed E-state index contributed by atoms with van der Waals surface area (Å²) in [6, 6.07) is 56.8. The van der Waals surface area contributed by atoms with Crippen LogP contribution in [0.3, 0.4) is 0 Å². The van der Waals surface area contributed by atoms with Crippen molar-refractivity contribution in [1.29, 1.82) is 5.26 Å². The number of para-hydroxylation sites is 3. The van der Waals surface area contributed by atoms with Gasteiger partial charge in [-0.25, -0.2) is 4.85 Å². The van der Waals surface area contributed by atoms with Crippen molar-refractivity contribution < 1.29 is 0 Å². The smallest absolute Gasteiger partial charge is 0.188 e. The monoisotopic (exact) mass is 610 g/mol. The van der Waals surface area contributed by atoms with E-state index in [1.807, 2.05) is 36.4 Å². The van der Waals surface area contributed by atoms with Crippen LogP contribution in [0.1, 0.15) is 5.56 Å². The minimum atomic E-state index is 0.615. The van der Waals surface area contributed by atoms with Crippen molar-refractivity contribution in [3.8, 4) is 39.7 Å². The summed E-state index contributed by atoms with van der Waals surface area (Å²) in [5, 5.41) is 15.3. The molecule has 9 rings (SSSR count). The van der Waals surface area contributed by atoms with E-state index in [0.717, 1.165) is 77.2 Å². The Morgan fingerprint density at radius 1 is 0.479 bits per heavy atom. The molecular weight excluding hydrogens is 585 g/mol. The molecule has 0 fully saturated rings. The molecule has 0 saturated carbocycles. The topological polar surface area (TPSA) is 38.0 Å². The molecule has 2 heterocycles. The van der Waals surface area contributed by atoms with Crippen LogP contribution in [0, 0.1) is 17.9 Å². The Morgan fingerprint density at radius 3 is 1.73 bits per heavy atom. The Hall–Kier alpha value is -6.88. The maximum atomic E-state index is 10.9. The highest BCUT2D eigenvalue weighted by atomic mass is 15.0. The lowest BCUT2D eigenvalue weighted by Gasteiger charge is -2.17. The van der Waals surface area contributed by atoms with E-state index in [1.165, 1.54) is 0 Å². The van der Waals surface area contributed by atoms with Gasteiger partial charge in [0.15, 0.2) is 5.69 Å².